The van der Waals surface area contributed by atoms with Crippen LogP contribution in [0.4, 0.5) is 0 Å². The molecular formula is C15H24N2O3. The molecule has 0 spiro atoms. The molecule has 0 radical (unpaired) electrons. The van der Waals surface area contributed by atoms with Gasteiger partial charge in [-0.1, -0.05) is 0 Å². The molecular weight excluding hydrogens is 256 g/mol. The van der Waals surface area contributed by atoms with Crippen LogP contribution < -0.4 is 5.32 Å². The van der Waals surface area contributed by atoms with Gasteiger partial charge in [-0.05, 0) is 51.9 Å². The second-order valence-corrected chi connectivity index (χ2v) is 6.82. The van der Waals surface area contributed by atoms with E-state index in [1.807, 2.05) is 4.90 Å². The summed E-state index contributed by atoms with van der Waals surface area (Å²) in [5.74, 6) is 0.427. The van der Waals surface area contributed by atoms with Crippen LogP contribution in [0.3, 0.4) is 0 Å². The lowest BCUT2D eigenvalue weighted by Crippen LogP contribution is -2.68. The molecule has 5 nitrogen and oxygen atoms in total. The second-order valence-electron chi connectivity index (χ2n) is 6.82. The van der Waals surface area contributed by atoms with Crippen molar-refractivity contribution in [3.8, 4) is 0 Å². The Bertz CT molecular complexity index is 411. The molecule has 2 aliphatic heterocycles. The number of hydrogen-bond acceptors (Lipinski definition) is 3. The van der Waals surface area contributed by atoms with Crippen molar-refractivity contribution in [2.45, 2.75) is 63.6 Å². The van der Waals surface area contributed by atoms with E-state index in [-0.39, 0.29) is 24.0 Å². The third-order valence-corrected chi connectivity index (χ3v) is 4.62. The lowest BCUT2D eigenvalue weighted by atomic mass is 9.94. The molecule has 2 unspecified atom stereocenters. The van der Waals surface area contributed by atoms with Crippen molar-refractivity contribution in [1.82, 2.24) is 10.2 Å². The van der Waals surface area contributed by atoms with E-state index in [9.17, 15) is 9.59 Å². The van der Waals surface area contributed by atoms with Crippen LogP contribution in [0.5, 0.6) is 0 Å². The van der Waals surface area contributed by atoms with E-state index in [1.54, 1.807) is 13.8 Å². The van der Waals surface area contributed by atoms with Gasteiger partial charge in [-0.3, -0.25) is 9.59 Å². The van der Waals surface area contributed by atoms with Crippen LogP contribution >= 0.6 is 0 Å². The van der Waals surface area contributed by atoms with Gasteiger partial charge < -0.3 is 15.0 Å². The van der Waals surface area contributed by atoms with Crippen LogP contribution in [0.1, 0.15) is 46.0 Å². The number of ether oxygens (including phenoxy) is 1. The van der Waals surface area contributed by atoms with E-state index in [0.29, 0.717) is 12.5 Å². The van der Waals surface area contributed by atoms with Gasteiger partial charge in [-0.25, -0.2) is 0 Å². The molecule has 2 atom stereocenters. The molecule has 5 heteroatoms. The Hall–Kier alpha value is -1.10. The molecule has 1 saturated carbocycles. The van der Waals surface area contributed by atoms with Gasteiger partial charge in [0, 0.05) is 13.2 Å². The quantitative estimate of drug-likeness (QED) is 0.838. The summed E-state index contributed by atoms with van der Waals surface area (Å²) in [6, 6.07) is -0.253. The molecule has 1 N–H and O–H groups in total. The van der Waals surface area contributed by atoms with Crippen molar-refractivity contribution in [2.24, 2.45) is 5.92 Å². The van der Waals surface area contributed by atoms with Crippen molar-refractivity contribution in [3.05, 3.63) is 0 Å². The van der Waals surface area contributed by atoms with Crippen molar-refractivity contribution >= 4 is 11.8 Å². The van der Waals surface area contributed by atoms with Crippen molar-refractivity contribution in [3.63, 3.8) is 0 Å². The Labute approximate surface area is 120 Å². The predicted octanol–water partition coefficient (Wildman–Crippen LogP) is 1.07. The maximum absolute atomic E-state index is 12.6. The maximum Gasteiger partial charge on any atom is 0.248 e. The summed E-state index contributed by atoms with van der Waals surface area (Å²) in [4.78, 5) is 26.7. The molecule has 20 heavy (non-hydrogen) atoms. The lowest BCUT2D eigenvalue weighted by molar-refractivity contribution is -0.154. The van der Waals surface area contributed by atoms with Crippen molar-refractivity contribution < 1.29 is 14.3 Å². The summed E-state index contributed by atoms with van der Waals surface area (Å²) in [6.45, 7) is 5.04. The Morgan fingerprint density at radius 2 is 2.05 bits per heavy atom. The third kappa shape index (κ3) is 2.55. The standard InChI is InChI=1S/C15H24N2O3/c1-15(2)14(19)17(8-7-11-4-3-9-20-11)12(10-5-6-10)13(18)16-15/h10-12H,3-9H2,1-2H3,(H,16,18). The minimum absolute atomic E-state index is 0.0180. The van der Waals surface area contributed by atoms with Gasteiger partial charge >= 0.3 is 0 Å². The molecule has 0 aromatic carbocycles. The molecule has 2 heterocycles. The average Bonchev–Trinajstić information content (AvgIpc) is 3.06. The van der Waals surface area contributed by atoms with Gasteiger partial charge in [-0.2, -0.15) is 0 Å². The summed E-state index contributed by atoms with van der Waals surface area (Å²) >= 11 is 0. The number of rotatable bonds is 4. The molecule has 0 bridgehead atoms. The SMILES string of the molecule is CC1(C)NC(=O)C(C2CC2)N(CCC2CCCO2)C1=O. The Balaban J connectivity index is 1.71. The Morgan fingerprint density at radius 1 is 1.30 bits per heavy atom. The molecule has 3 fully saturated rings. The Kier molecular flexibility index (Phi) is 3.48. The summed E-state index contributed by atoms with van der Waals surface area (Å²) in [5.41, 5.74) is -0.779. The highest BCUT2D eigenvalue weighted by Crippen LogP contribution is 2.38. The topological polar surface area (TPSA) is 58.6 Å². The number of carbonyl (C=O) groups excluding carboxylic acids is 2. The minimum atomic E-state index is -0.779. The van der Waals surface area contributed by atoms with E-state index in [0.717, 1.165) is 38.7 Å². The van der Waals surface area contributed by atoms with E-state index in [2.05, 4.69) is 5.32 Å². The number of amides is 2. The molecule has 2 amide bonds. The van der Waals surface area contributed by atoms with E-state index < -0.39 is 5.54 Å². The number of nitrogens with one attached hydrogen (secondary N) is 1. The number of piperazine rings is 1. The summed E-state index contributed by atoms with van der Waals surface area (Å²) in [6.07, 6.45) is 5.40. The van der Waals surface area contributed by atoms with Crippen LogP contribution in [0, 0.1) is 5.92 Å². The van der Waals surface area contributed by atoms with Crippen molar-refractivity contribution in [1.29, 1.82) is 0 Å². The predicted molar refractivity (Wildman–Crippen MR) is 74.0 cm³/mol. The molecule has 3 aliphatic rings. The van der Waals surface area contributed by atoms with Crippen LogP contribution in [0.2, 0.25) is 0 Å². The normalized spacial score (nSPS) is 33.4. The van der Waals surface area contributed by atoms with Crippen LogP contribution in [0.15, 0.2) is 0 Å². The molecule has 1 aliphatic carbocycles. The van der Waals surface area contributed by atoms with Gasteiger partial charge in [0.05, 0.1) is 6.10 Å². The van der Waals surface area contributed by atoms with Crippen LogP contribution in [0.25, 0.3) is 0 Å². The van der Waals surface area contributed by atoms with E-state index in [4.69, 9.17) is 4.74 Å². The highest BCUT2D eigenvalue weighted by atomic mass is 16.5. The third-order valence-electron chi connectivity index (χ3n) is 4.62. The minimum Gasteiger partial charge on any atom is -0.378 e. The monoisotopic (exact) mass is 280 g/mol. The smallest absolute Gasteiger partial charge is 0.248 e. The first-order chi connectivity index (χ1) is 9.49. The van der Waals surface area contributed by atoms with Gasteiger partial charge in [0.2, 0.25) is 11.8 Å². The molecule has 0 aromatic rings. The number of hydrogen-bond donors (Lipinski definition) is 1. The molecule has 0 aromatic heterocycles. The fourth-order valence-corrected chi connectivity index (χ4v) is 3.34. The zero-order chi connectivity index (χ0) is 14.3. The van der Waals surface area contributed by atoms with Crippen LogP contribution in [-0.2, 0) is 14.3 Å². The number of carbonyl (C=O) groups is 2. The summed E-state index contributed by atoms with van der Waals surface area (Å²) in [5, 5.41) is 2.87. The average molecular weight is 280 g/mol. The fourth-order valence-electron chi connectivity index (χ4n) is 3.34. The maximum atomic E-state index is 12.6. The zero-order valence-corrected chi connectivity index (χ0v) is 12.4. The molecule has 2 saturated heterocycles. The summed E-state index contributed by atoms with van der Waals surface area (Å²) < 4.78 is 5.63. The number of nitrogens with zero attached hydrogens (tertiary/aromatic N) is 1. The second kappa shape index (κ2) is 5.02. The van der Waals surface area contributed by atoms with E-state index >= 15 is 0 Å². The van der Waals surface area contributed by atoms with Crippen molar-refractivity contribution in [2.75, 3.05) is 13.2 Å². The fraction of sp³-hybridized carbons (Fsp3) is 0.867. The molecule has 112 valence electrons. The first-order valence-corrected chi connectivity index (χ1v) is 7.74. The van der Waals surface area contributed by atoms with Crippen LogP contribution in [-0.4, -0.2) is 47.6 Å². The molecule has 3 rings (SSSR count). The lowest BCUT2D eigenvalue weighted by Gasteiger charge is -2.43. The van der Waals surface area contributed by atoms with Gasteiger partial charge in [-0.15, -0.1) is 0 Å². The van der Waals surface area contributed by atoms with Gasteiger partial charge in [0.1, 0.15) is 11.6 Å². The first-order valence-electron chi connectivity index (χ1n) is 7.74. The summed E-state index contributed by atoms with van der Waals surface area (Å²) in [7, 11) is 0. The Morgan fingerprint density at radius 3 is 2.65 bits per heavy atom. The largest absolute Gasteiger partial charge is 0.378 e. The zero-order valence-electron chi connectivity index (χ0n) is 12.4. The van der Waals surface area contributed by atoms with E-state index in [1.165, 1.54) is 0 Å². The first kappa shape index (κ1) is 13.9. The highest BCUT2D eigenvalue weighted by Gasteiger charge is 2.50. The highest BCUT2D eigenvalue weighted by molar-refractivity contribution is 5.99. The van der Waals surface area contributed by atoms with Gasteiger partial charge in [0.25, 0.3) is 0 Å². The van der Waals surface area contributed by atoms with Gasteiger partial charge in [0.15, 0.2) is 0 Å².